The molecule has 0 fully saturated rings. The molecule has 1 amide bonds. The molecule has 0 heterocycles. The number of rotatable bonds is 50. The van der Waals surface area contributed by atoms with E-state index in [-0.39, 0.29) is 12.5 Å². The summed E-state index contributed by atoms with van der Waals surface area (Å²) in [7, 11) is 1.24. The monoisotopic (exact) mass is 935 g/mol. The van der Waals surface area contributed by atoms with Crippen molar-refractivity contribution in [2.24, 2.45) is 0 Å². The Morgan fingerprint density at radius 2 is 0.908 bits per heavy atom. The smallest absolute Gasteiger partial charge is 0.268 e. The minimum absolute atomic E-state index is 0.00671. The van der Waals surface area contributed by atoms with E-state index in [0.717, 1.165) is 44.9 Å². The van der Waals surface area contributed by atoms with Crippen LogP contribution in [0.25, 0.3) is 0 Å². The summed E-state index contributed by atoms with van der Waals surface area (Å²) in [6, 6.07) is -0.902. The lowest BCUT2D eigenvalue weighted by atomic mass is 10.0. The Hall–Kier alpha value is -1.54. The van der Waals surface area contributed by atoms with E-state index in [9.17, 15) is 19.4 Å². The normalized spacial score (nSPS) is 14.4. The lowest BCUT2D eigenvalue weighted by Crippen LogP contribution is -2.45. The van der Waals surface area contributed by atoms with Crippen molar-refractivity contribution in [2.75, 3.05) is 40.9 Å². The number of carbonyl (C=O) groups is 1. The van der Waals surface area contributed by atoms with E-state index in [1.165, 1.54) is 186 Å². The quantitative estimate of drug-likeness (QED) is 0.0272. The second kappa shape index (κ2) is 47.5. The van der Waals surface area contributed by atoms with Gasteiger partial charge >= 0.3 is 0 Å². The maximum absolute atomic E-state index is 12.9. The molecule has 2 N–H and O–H groups in total. The van der Waals surface area contributed by atoms with Gasteiger partial charge in [-0.1, -0.05) is 229 Å². The molecule has 0 aromatic heterocycles. The van der Waals surface area contributed by atoms with Gasteiger partial charge in [-0.15, -0.1) is 0 Å². The van der Waals surface area contributed by atoms with Gasteiger partial charge in [0.25, 0.3) is 7.82 Å². The van der Waals surface area contributed by atoms with Crippen LogP contribution < -0.4 is 10.2 Å². The van der Waals surface area contributed by atoms with Gasteiger partial charge in [0.05, 0.1) is 39.9 Å². The van der Waals surface area contributed by atoms with Gasteiger partial charge in [-0.3, -0.25) is 9.36 Å². The van der Waals surface area contributed by atoms with Gasteiger partial charge in [-0.05, 0) is 64.2 Å². The average molecular weight is 935 g/mol. The molecule has 3 unspecified atom stereocenters. The molecule has 3 atom stereocenters. The molecule has 0 aliphatic rings. The number of nitrogens with one attached hydrogen (secondary N) is 1. The first-order chi connectivity index (χ1) is 31.5. The van der Waals surface area contributed by atoms with Gasteiger partial charge in [0.1, 0.15) is 13.2 Å². The fourth-order valence-electron chi connectivity index (χ4n) is 7.91. The van der Waals surface area contributed by atoms with Crippen LogP contribution in [0.4, 0.5) is 0 Å². The topological polar surface area (TPSA) is 108 Å². The predicted octanol–water partition coefficient (Wildman–Crippen LogP) is 15.7. The largest absolute Gasteiger partial charge is 0.756 e. The number of likely N-dealkylation sites (N-methyl/N-ethyl adjacent to an activating group) is 1. The average Bonchev–Trinajstić information content (AvgIpc) is 3.26. The summed E-state index contributed by atoms with van der Waals surface area (Å²) in [5, 5.41) is 13.8. The zero-order valence-electron chi connectivity index (χ0n) is 43.4. The maximum Gasteiger partial charge on any atom is 0.268 e. The van der Waals surface area contributed by atoms with E-state index in [1.807, 2.05) is 27.2 Å². The first-order valence-electron chi connectivity index (χ1n) is 27.5. The number of phosphoric acid groups is 1. The van der Waals surface area contributed by atoms with Crippen LogP contribution in [0, 0.1) is 0 Å². The van der Waals surface area contributed by atoms with E-state index in [0.29, 0.717) is 17.4 Å². The highest BCUT2D eigenvalue weighted by atomic mass is 31.2. The van der Waals surface area contributed by atoms with Crippen molar-refractivity contribution in [1.82, 2.24) is 5.32 Å². The number of aliphatic hydroxyl groups is 1. The Kier molecular flexibility index (Phi) is 46.4. The fourth-order valence-corrected chi connectivity index (χ4v) is 8.63. The molecule has 0 aliphatic heterocycles. The second-order valence-electron chi connectivity index (χ2n) is 19.9. The SMILES string of the molecule is CCCCCCCC/C=C/CC/C=C/C(O)C(COP(=O)([O-])OCC[N+](C)(C)C)NC(=O)CCCCCCCCCCCCCCCCC/C=C\C/C=C\CCCCCCCCCCC. The first-order valence-corrected chi connectivity index (χ1v) is 29.0. The second-order valence-corrected chi connectivity index (χ2v) is 21.3. The van der Waals surface area contributed by atoms with Gasteiger partial charge in [0, 0.05) is 6.42 Å². The van der Waals surface area contributed by atoms with Crippen LogP contribution in [0.2, 0.25) is 0 Å². The summed E-state index contributed by atoms with van der Waals surface area (Å²) in [4.78, 5) is 25.4. The molecule has 0 aromatic rings. The standard InChI is InChI=1S/C56H107N2O6P/c1-6-8-10-12-14-16-18-20-21-22-23-24-25-26-27-28-29-30-31-32-33-34-35-36-37-38-40-42-44-46-48-50-56(60)57-54(53-64-65(61,62)63-52-51-58(3,4)5)55(59)49-47-45-43-41-39-19-17-15-13-11-9-7-2/h23-24,26-27,39,41,47,49,54-55,59H,6-22,25,28-38,40,42-46,48,50-53H2,1-5H3,(H-,57,60,61,62)/b24-23-,27-26-,41-39+,49-47+. The van der Waals surface area contributed by atoms with Crippen molar-refractivity contribution in [3.8, 4) is 0 Å². The molecule has 0 saturated heterocycles. The highest BCUT2D eigenvalue weighted by molar-refractivity contribution is 7.45. The molecule has 0 saturated carbocycles. The molecule has 0 radical (unpaired) electrons. The molecular weight excluding hydrogens is 828 g/mol. The molecular formula is C56H107N2O6P. The molecule has 0 rings (SSSR count). The third kappa shape index (κ3) is 50.2. The number of aliphatic hydroxyl groups excluding tert-OH is 1. The van der Waals surface area contributed by atoms with Crippen molar-refractivity contribution in [1.29, 1.82) is 0 Å². The van der Waals surface area contributed by atoms with Gasteiger partial charge in [-0.2, -0.15) is 0 Å². The van der Waals surface area contributed by atoms with Crippen molar-refractivity contribution in [2.45, 2.75) is 264 Å². The summed E-state index contributed by atoms with van der Waals surface area (Å²) >= 11 is 0. The Balaban J connectivity index is 4.07. The molecule has 0 spiro atoms. The van der Waals surface area contributed by atoms with E-state index in [2.05, 4.69) is 55.6 Å². The number of nitrogens with zero attached hydrogens (tertiary/aromatic N) is 1. The number of amides is 1. The maximum atomic E-state index is 12.9. The van der Waals surface area contributed by atoms with Crippen LogP contribution in [0.1, 0.15) is 251 Å². The van der Waals surface area contributed by atoms with Crippen LogP contribution in [0.5, 0.6) is 0 Å². The van der Waals surface area contributed by atoms with Gasteiger partial charge in [0.2, 0.25) is 5.91 Å². The molecule has 0 aromatic carbocycles. The predicted molar refractivity (Wildman–Crippen MR) is 279 cm³/mol. The summed E-state index contributed by atoms with van der Waals surface area (Å²) in [6.07, 6.45) is 62.0. The van der Waals surface area contributed by atoms with Crippen LogP contribution in [0.15, 0.2) is 48.6 Å². The number of allylic oxidation sites excluding steroid dienone is 7. The molecule has 0 bridgehead atoms. The molecule has 0 aliphatic carbocycles. The number of quaternary nitrogens is 1. The number of carbonyl (C=O) groups excluding carboxylic acids is 1. The number of hydrogen-bond acceptors (Lipinski definition) is 6. The fraction of sp³-hybridized carbons (Fsp3) is 0.839. The molecule has 65 heavy (non-hydrogen) atoms. The lowest BCUT2D eigenvalue weighted by molar-refractivity contribution is -0.870. The zero-order valence-corrected chi connectivity index (χ0v) is 44.3. The summed E-state index contributed by atoms with van der Waals surface area (Å²) in [6.45, 7) is 4.62. The van der Waals surface area contributed by atoms with Crippen molar-refractivity contribution in [3.05, 3.63) is 48.6 Å². The van der Waals surface area contributed by atoms with Gasteiger partial charge in [-0.25, -0.2) is 0 Å². The van der Waals surface area contributed by atoms with Crippen LogP contribution in [-0.2, 0) is 18.4 Å². The molecule has 9 heteroatoms. The number of phosphoric ester groups is 1. The van der Waals surface area contributed by atoms with Crippen LogP contribution >= 0.6 is 7.82 Å². The minimum Gasteiger partial charge on any atom is -0.756 e. The van der Waals surface area contributed by atoms with Gasteiger partial charge < -0.3 is 28.8 Å². The number of unbranched alkanes of at least 4 members (excludes halogenated alkanes) is 31. The van der Waals surface area contributed by atoms with E-state index in [4.69, 9.17) is 9.05 Å². The summed E-state index contributed by atoms with van der Waals surface area (Å²) in [5.74, 6) is -0.208. The Bertz CT molecular complexity index is 1200. The summed E-state index contributed by atoms with van der Waals surface area (Å²) < 4.78 is 23.2. The lowest BCUT2D eigenvalue weighted by Gasteiger charge is -2.29. The Morgan fingerprint density at radius 1 is 0.538 bits per heavy atom. The number of hydrogen-bond donors (Lipinski definition) is 2. The summed E-state index contributed by atoms with van der Waals surface area (Å²) in [5.41, 5.74) is 0. The third-order valence-corrected chi connectivity index (χ3v) is 13.2. The van der Waals surface area contributed by atoms with E-state index < -0.39 is 26.6 Å². The minimum atomic E-state index is -4.60. The Labute approximate surface area is 403 Å². The van der Waals surface area contributed by atoms with Crippen LogP contribution in [0.3, 0.4) is 0 Å². The van der Waals surface area contributed by atoms with Crippen molar-refractivity contribution >= 4 is 13.7 Å². The third-order valence-electron chi connectivity index (χ3n) is 12.3. The highest BCUT2D eigenvalue weighted by Crippen LogP contribution is 2.38. The van der Waals surface area contributed by atoms with E-state index in [1.54, 1.807) is 6.08 Å². The van der Waals surface area contributed by atoms with E-state index >= 15 is 0 Å². The van der Waals surface area contributed by atoms with Gasteiger partial charge in [0.15, 0.2) is 0 Å². The molecule has 8 nitrogen and oxygen atoms in total. The highest BCUT2D eigenvalue weighted by Gasteiger charge is 2.23. The molecule has 382 valence electrons. The zero-order chi connectivity index (χ0) is 47.8. The van der Waals surface area contributed by atoms with Crippen LogP contribution in [-0.4, -0.2) is 68.5 Å². The Morgan fingerprint density at radius 3 is 1.34 bits per heavy atom. The van der Waals surface area contributed by atoms with Crippen molar-refractivity contribution in [3.63, 3.8) is 0 Å². The van der Waals surface area contributed by atoms with Crippen molar-refractivity contribution < 1.29 is 32.9 Å². The first kappa shape index (κ1) is 63.5.